The molecular formula is C8H17NOS. The Morgan fingerprint density at radius 2 is 2.27 bits per heavy atom. The Balaban J connectivity index is 2.00. The molecule has 66 valence electrons. The molecule has 1 rings (SSSR count). The number of hydrogen-bond donors (Lipinski definition) is 1. The van der Waals surface area contributed by atoms with Gasteiger partial charge in [-0.25, -0.2) is 0 Å². The molecule has 0 aromatic heterocycles. The molecule has 0 aliphatic heterocycles. The zero-order valence-electron chi connectivity index (χ0n) is 7.08. The van der Waals surface area contributed by atoms with E-state index in [1.54, 1.807) is 0 Å². The first-order chi connectivity index (χ1) is 5.18. The van der Waals surface area contributed by atoms with Gasteiger partial charge in [0, 0.05) is 28.3 Å². The minimum absolute atomic E-state index is 0.0926. The molecule has 1 aliphatic rings. The minimum atomic E-state index is -0.656. The van der Waals surface area contributed by atoms with E-state index in [1.807, 2.05) is 6.92 Å². The van der Waals surface area contributed by atoms with Crippen molar-refractivity contribution in [2.75, 3.05) is 11.5 Å². The van der Waals surface area contributed by atoms with Gasteiger partial charge in [-0.2, -0.15) is 0 Å². The highest BCUT2D eigenvalue weighted by molar-refractivity contribution is 7.85. The molecule has 2 nitrogen and oxygen atoms in total. The van der Waals surface area contributed by atoms with E-state index < -0.39 is 10.8 Å². The quantitative estimate of drug-likeness (QED) is 0.674. The maximum Gasteiger partial charge on any atom is 0.0383 e. The maximum absolute atomic E-state index is 11.2. The van der Waals surface area contributed by atoms with E-state index in [1.165, 1.54) is 12.8 Å². The first kappa shape index (κ1) is 9.20. The lowest BCUT2D eigenvalue weighted by Crippen LogP contribution is -2.24. The van der Waals surface area contributed by atoms with Crippen molar-refractivity contribution in [3.63, 3.8) is 0 Å². The van der Waals surface area contributed by atoms with Crippen LogP contribution in [0.25, 0.3) is 0 Å². The Labute approximate surface area is 71.0 Å². The summed E-state index contributed by atoms with van der Waals surface area (Å²) < 4.78 is 11.2. The van der Waals surface area contributed by atoms with Crippen molar-refractivity contribution in [1.29, 1.82) is 0 Å². The van der Waals surface area contributed by atoms with Gasteiger partial charge in [0.15, 0.2) is 0 Å². The van der Waals surface area contributed by atoms with Crippen molar-refractivity contribution in [3.8, 4) is 0 Å². The van der Waals surface area contributed by atoms with Crippen LogP contribution < -0.4 is 5.73 Å². The lowest BCUT2D eigenvalue weighted by atomic mass is 10.3. The fourth-order valence-corrected chi connectivity index (χ4v) is 2.43. The van der Waals surface area contributed by atoms with E-state index >= 15 is 0 Å². The predicted molar refractivity (Wildman–Crippen MR) is 48.9 cm³/mol. The van der Waals surface area contributed by atoms with Crippen molar-refractivity contribution >= 4 is 10.8 Å². The second kappa shape index (κ2) is 4.21. The molecule has 2 atom stereocenters. The normalized spacial score (nSPS) is 23.1. The van der Waals surface area contributed by atoms with Gasteiger partial charge in [0.2, 0.25) is 0 Å². The summed E-state index contributed by atoms with van der Waals surface area (Å²) in [5, 5.41) is 0. The van der Waals surface area contributed by atoms with Crippen molar-refractivity contribution in [2.24, 2.45) is 11.7 Å². The third kappa shape index (κ3) is 4.53. The maximum atomic E-state index is 11.2. The van der Waals surface area contributed by atoms with Gasteiger partial charge in [0.25, 0.3) is 0 Å². The molecule has 2 N–H and O–H groups in total. The number of nitrogens with two attached hydrogens (primary N) is 1. The molecule has 0 heterocycles. The zero-order valence-corrected chi connectivity index (χ0v) is 7.90. The van der Waals surface area contributed by atoms with Crippen LogP contribution in [0.2, 0.25) is 0 Å². The lowest BCUT2D eigenvalue weighted by molar-refractivity contribution is 0.669. The molecule has 1 aliphatic carbocycles. The van der Waals surface area contributed by atoms with Gasteiger partial charge < -0.3 is 5.73 Å². The molecule has 0 aromatic carbocycles. The minimum Gasteiger partial charge on any atom is -0.327 e. The molecule has 0 radical (unpaired) electrons. The van der Waals surface area contributed by atoms with E-state index in [4.69, 9.17) is 5.73 Å². The van der Waals surface area contributed by atoms with Crippen LogP contribution in [-0.4, -0.2) is 21.8 Å². The first-order valence-corrected chi connectivity index (χ1v) is 5.78. The predicted octanol–water partition coefficient (Wildman–Crippen LogP) is 0.882. The van der Waals surface area contributed by atoms with Crippen LogP contribution in [-0.2, 0) is 10.8 Å². The zero-order chi connectivity index (χ0) is 8.27. The first-order valence-electron chi connectivity index (χ1n) is 4.29. The number of rotatable bonds is 5. The van der Waals surface area contributed by atoms with Crippen LogP contribution in [0, 0.1) is 5.92 Å². The fourth-order valence-electron chi connectivity index (χ4n) is 1.08. The SMILES string of the molecule is CC(N)CS(=O)CCC1CC1. The van der Waals surface area contributed by atoms with Gasteiger partial charge in [-0.1, -0.05) is 12.8 Å². The molecule has 1 saturated carbocycles. The summed E-state index contributed by atoms with van der Waals surface area (Å²) >= 11 is 0. The Morgan fingerprint density at radius 1 is 1.64 bits per heavy atom. The monoisotopic (exact) mass is 175 g/mol. The van der Waals surface area contributed by atoms with E-state index in [0.29, 0.717) is 5.75 Å². The fraction of sp³-hybridized carbons (Fsp3) is 1.00. The second-order valence-corrected chi connectivity index (χ2v) is 5.14. The third-order valence-corrected chi connectivity index (χ3v) is 3.49. The molecule has 1 fully saturated rings. The summed E-state index contributed by atoms with van der Waals surface area (Å²) in [6.45, 7) is 1.91. The van der Waals surface area contributed by atoms with Gasteiger partial charge in [-0.05, 0) is 19.3 Å². The Kier molecular flexibility index (Phi) is 3.52. The van der Waals surface area contributed by atoms with Gasteiger partial charge >= 0.3 is 0 Å². The third-order valence-electron chi connectivity index (χ3n) is 1.90. The molecule has 11 heavy (non-hydrogen) atoms. The Hall–Kier alpha value is 0.110. The smallest absolute Gasteiger partial charge is 0.0383 e. The van der Waals surface area contributed by atoms with E-state index in [2.05, 4.69) is 0 Å². The summed E-state index contributed by atoms with van der Waals surface area (Å²) in [6, 6.07) is 0.0926. The van der Waals surface area contributed by atoms with Crippen molar-refractivity contribution in [3.05, 3.63) is 0 Å². The average molecular weight is 175 g/mol. The van der Waals surface area contributed by atoms with Crippen LogP contribution in [0.15, 0.2) is 0 Å². The Bertz CT molecular complexity index is 143. The highest BCUT2D eigenvalue weighted by Crippen LogP contribution is 2.32. The van der Waals surface area contributed by atoms with Crippen LogP contribution >= 0.6 is 0 Å². The van der Waals surface area contributed by atoms with Crippen LogP contribution in [0.4, 0.5) is 0 Å². The summed E-state index contributed by atoms with van der Waals surface area (Å²) in [5.74, 6) is 2.44. The van der Waals surface area contributed by atoms with Gasteiger partial charge in [0.1, 0.15) is 0 Å². The molecule has 0 aromatic rings. The van der Waals surface area contributed by atoms with Crippen LogP contribution in [0.1, 0.15) is 26.2 Å². The number of hydrogen-bond acceptors (Lipinski definition) is 2. The standard InChI is InChI=1S/C8H17NOS/c1-7(9)6-11(10)5-4-8-2-3-8/h7-8H,2-6,9H2,1H3. The average Bonchev–Trinajstić information content (AvgIpc) is 2.63. The van der Waals surface area contributed by atoms with Crippen molar-refractivity contribution < 1.29 is 4.21 Å². The summed E-state index contributed by atoms with van der Waals surface area (Å²) in [4.78, 5) is 0. The topological polar surface area (TPSA) is 43.1 Å². The lowest BCUT2D eigenvalue weighted by Gasteiger charge is -2.03. The van der Waals surface area contributed by atoms with E-state index in [0.717, 1.165) is 18.1 Å². The summed E-state index contributed by atoms with van der Waals surface area (Å²) in [5.41, 5.74) is 5.52. The van der Waals surface area contributed by atoms with Crippen molar-refractivity contribution in [2.45, 2.75) is 32.2 Å². The van der Waals surface area contributed by atoms with E-state index in [9.17, 15) is 4.21 Å². The van der Waals surface area contributed by atoms with Gasteiger partial charge in [-0.3, -0.25) is 4.21 Å². The molecular weight excluding hydrogens is 158 g/mol. The molecule has 0 bridgehead atoms. The summed E-state index contributed by atoms with van der Waals surface area (Å²) in [7, 11) is -0.656. The molecule has 2 unspecified atom stereocenters. The highest BCUT2D eigenvalue weighted by Gasteiger charge is 2.21. The molecule has 0 saturated heterocycles. The van der Waals surface area contributed by atoms with Gasteiger partial charge in [-0.15, -0.1) is 0 Å². The van der Waals surface area contributed by atoms with Crippen LogP contribution in [0.5, 0.6) is 0 Å². The van der Waals surface area contributed by atoms with Crippen molar-refractivity contribution in [1.82, 2.24) is 0 Å². The molecule has 0 amide bonds. The second-order valence-electron chi connectivity index (χ2n) is 3.52. The van der Waals surface area contributed by atoms with Crippen LogP contribution in [0.3, 0.4) is 0 Å². The molecule has 3 heteroatoms. The summed E-state index contributed by atoms with van der Waals surface area (Å²) in [6.07, 6.45) is 3.87. The van der Waals surface area contributed by atoms with E-state index in [-0.39, 0.29) is 6.04 Å². The Morgan fingerprint density at radius 3 is 2.73 bits per heavy atom. The largest absolute Gasteiger partial charge is 0.327 e. The highest BCUT2D eigenvalue weighted by atomic mass is 32.2. The molecule has 0 spiro atoms. The van der Waals surface area contributed by atoms with Gasteiger partial charge in [0.05, 0.1) is 0 Å².